The van der Waals surface area contributed by atoms with Gasteiger partial charge in [-0.2, -0.15) is 0 Å². The number of hydrogen-bond acceptors (Lipinski definition) is 1. The minimum Gasteiger partial charge on any atom is -0.400 e. The van der Waals surface area contributed by atoms with Gasteiger partial charge in [0.15, 0.2) is 0 Å². The molecule has 0 fully saturated rings. The van der Waals surface area contributed by atoms with Crippen molar-refractivity contribution in [2.45, 2.75) is 19.3 Å². The first-order valence-electron chi connectivity index (χ1n) is 2.60. The number of allylic oxidation sites excluding steroid dienone is 2. The highest BCUT2D eigenvalue weighted by atomic mass is 16.2. The van der Waals surface area contributed by atoms with Gasteiger partial charge in [0.05, 0.1) is 0 Å². The third-order valence-corrected chi connectivity index (χ3v) is 0.908. The van der Waals surface area contributed by atoms with Crippen LogP contribution in [0.3, 0.4) is 0 Å². The molecule has 0 aromatic carbocycles. The fourth-order valence-electron chi connectivity index (χ4n) is 0.589. The van der Waals surface area contributed by atoms with Crippen LogP contribution in [0, 0.1) is 0 Å². The quantitative estimate of drug-likeness (QED) is 0.455. The molecule has 0 aromatic heterocycles. The SMILES string of the molecule is C1=CCCC1.CO. The zero-order valence-electron chi connectivity index (χ0n) is 4.72. The average Bonchev–Trinajstić information content (AvgIpc) is 2.23. The van der Waals surface area contributed by atoms with E-state index in [1.807, 2.05) is 0 Å². The largest absolute Gasteiger partial charge is 0.400 e. The Kier molecular flexibility index (Phi) is 5.46. The van der Waals surface area contributed by atoms with E-state index in [0.717, 1.165) is 7.11 Å². The van der Waals surface area contributed by atoms with Crippen LogP contribution in [0.1, 0.15) is 19.3 Å². The van der Waals surface area contributed by atoms with Crippen molar-refractivity contribution in [2.75, 3.05) is 7.11 Å². The minimum absolute atomic E-state index is 1.00. The number of hydrogen-bond donors (Lipinski definition) is 1. The Balaban J connectivity index is 0.000000162. The maximum atomic E-state index is 7.00. The van der Waals surface area contributed by atoms with E-state index in [0.29, 0.717) is 0 Å². The molecule has 0 aliphatic heterocycles. The maximum Gasteiger partial charge on any atom is 0.0319 e. The van der Waals surface area contributed by atoms with Gasteiger partial charge in [-0.3, -0.25) is 0 Å². The van der Waals surface area contributed by atoms with Crippen LogP contribution in [0.25, 0.3) is 0 Å². The molecule has 0 atom stereocenters. The second kappa shape index (κ2) is 5.70. The Bertz CT molecular complexity index is 42.1. The zero-order valence-corrected chi connectivity index (χ0v) is 4.72. The van der Waals surface area contributed by atoms with Crippen LogP contribution >= 0.6 is 0 Å². The molecule has 1 aliphatic rings. The van der Waals surface area contributed by atoms with Crippen LogP contribution in [0.4, 0.5) is 0 Å². The van der Waals surface area contributed by atoms with Crippen LogP contribution in [-0.2, 0) is 0 Å². The summed E-state index contributed by atoms with van der Waals surface area (Å²) in [7, 11) is 1.00. The number of rotatable bonds is 0. The Morgan fingerprint density at radius 2 is 1.57 bits per heavy atom. The van der Waals surface area contributed by atoms with Crippen LogP contribution in [0.15, 0.2) is 12.2 Å². The third kappa shape index (κ3) is 3.53. The third-order valence-electron chi connectivity index (χ3n) is 0.908. The van der Waals surface area contributed by atoms with E-state index in [2.05, 4.69) is 12.2 Å². The fraction of sp³-hybridized carbons (Fsp3) is 0.667. The molecule has 0 amide bonds. The van der Waals surface area contributed by atoms with Gasteiger partial charge in [0, 0.05) is 7.11 Å². The molecule has 0 radical (unpaired) electrons. The van der Waals surface area contributed by atoms with E-state index >= 15 is 0 Å². The first-order valence-corrected chi connectivity index (χ1v) is 2.60. The highest BCUT2D eigenvalue weighted by Crippen LogP contribution is 2.05. The van der Waals surface area contributed by atoms with Crippen LogP contribution in [-0.4, -0.2) is 12.2 Å². The lowest BCUT2D eigenvalue weighted by Crippen LogP contribution is -1.50. The summed E-state index contributed by atoms with van der Waals surface area (Å²) in [5.74, 6) is 0. The van der Waals surface area contributed by atoms with Crippen LogP contribution in [0.2, 0.25) is 0 Å². The molecule has 0 saturated heterocycles. The standard InChI is InChI=1S/C5H8.CH4O/c1-2-4-5-3-1;1-2/h1-2H,3-5H2;2H,1H3. The molecule has 0 aromatic rings. The Labute approximate surface area is 44.7 Å². The van der Waals surface area contributed by atoms with E-state index < -0.39 is 0 Å². The second-order valence-corrected chi connectivity index (χ2v) is 1.40. The molecule has 1 heteroatoms. The van der Waals surface area contributed by atoms with Crippen LogP contribution < -0.4 is 0 Å². The van der Waals surface area contributed by atoms with Gasteiger partial charge in [0.1, 0.15) is 0 Å². The lowest BCUT2D eigenvalue weighted by atomic mass is 10.4. The lowest BCUT2D eigenvalue weighted by Gasteiger charge is -1.69. The molecular weight excluding hydrogens is 88.1 g/mol. The van der Waals surface area contributed by atoms with Gasteiger partial charge in [0.2, 0.25) is 0 Å². The highest BCUT2D eigenvalue weighted by molar-refractivity contribution is 4.88. The predicted molar refractivity (Wildman–Crippen MR) is 31.1 cm³/mol. The van der Waals surface area contributed by atoms with E-state index in [-0.39, 0.29) is 0 Å². The van der Waals surface area contributed by atoms with Gasteiger partial charge < -0.3 is 5.11 Å². The molecule has 1 aliphatic carbocycles. The Morgan fingerprint density at radius 1 is 1.14 bits per heavy atom. The predicted octanol–water partition coefficient (Wildman–Crippen LogP) is 1.33. The summed E-state index contributed by atoms with van der Waals surface area (Å²) >= 11 is 0. The molecular formula is C6H12O. The molecule has 0 spiro atoms. The molecule has 1 rings (SSSR count). The average molecular weight is 100 g/mol. The summed E-state index contributed by atoms with van der Waals surface area (Å²) in [6.07, 6.45) is 8.50. The summed E-state index contributed by atoms with van der Waals surface area (Å²) in [4.78, 5) is 0. The second-order valence-electron chi connectivity index (χ2n) is 1.40. The van der Waals surface area contributed by atoms with E-state index in [4.69, 9.17) is 5.11 Å². The molecule has 1 N–H and O–H groups in total. The van der Waals surface area contributed by atoms with Crippen LogP contribution in [0.5, 0.6) is 0 Å². The lowest BCUT2D eigenvalue weighted by molar-refractivity contribution is 0.399. The van der Waals surface area contributed by atoms with E-state index in [9.17, 15) is 0 Å². The van der Waals surface area contributed by atoms with Crippen molar-refractivity contribution < 1.29 is 5.11 Å². The molecule has 0 unspecified atom stereocenters. The summed E-state index contributed by atoms with van der Waals surface area (Å²) in [5, 5.41) is 7.00. The monoisotopic (exact) mass is 100 g/mol. The maximum absolute atomic E-state index is 7.00. The summed E-state index contributed by atoms with van der Waals surface area (Å²) < 4.78 is 0. The molecule has 0 heterocycles. The topological polar surface area (TPSA) is 20.2 Å². The summed E-state index contributed by atoms with van der Waals surface area (Å²) in [6, 6.07) is 0. The Hall–Kier alpha value is -0.300. The van der Waals surface area contributed by atoms with Crippen molar-refractivity contribution in [2.24, 2.45) is 0 Å². The Morgan fingerprint density at radius 3 is 1.71 bits per heavy atom. The first-order chi connectivity index (χ1) is 3.50. The first kappa shape index (κ1) is 6.70. The van der Waals surface area contributed by atoms with Crippen molar-refractivity contribution in [3.63, 3.8) is 0 Å². The van der Waals surface area contributed by atoms with E-state index in [1.165, 1.54) is 19.3 Å². The molecule has 42 valence electrons. The fourth-order valence-corrected chi connectivity index (χ4v) is 0.589. The van der Waals surface area contributed by atoms with Gasteiger partial charge in [-0.05, 0) is 19.3 Å². The zero-order chi connectivity index (χ0) is 5.54. The smallest absolute Gasteiger partial charge is 0.0319 e. The van der Waals surface area contributed by atoms with E-state index in [1.54, 1.807) is 0 Å². The van der Waals surface area contributed by atoms with Crippen molar-refractivity contribution >= 4 is 0 Å². The minimum atomic E-state index is 1.00. The number of aliphatic hydroxyl groups excluding tert-OH is 1. The number of aliphatic hydroxyl groups is 1. The van der Waals surface area contributed by atoms with Gasteiger partial charge in [-0.25, -0.2) is 0 Å². The molecule has 0 saturated carbocycles. The van der Waals surface area contributed by atoms with Gasteiger partial charge in [-0.15, -0.1) is 0 Å². The van der Waals surface area contributed by atoms with Crippen molar-refractivity contribution in [3.8, 4) is 0 Å². The van der Waals surface area contributed by atoms with Crippen molar-refractivity contribution in [3.05, 3.63) is 12.2 Å². The van der Waals surface area contributed by atoms with Crippen molar-refractivity contribution in [1.29, 1.82) is 0 Å². The summed E-state index contributed by atoms with van der Waals surface area (Å²) in [6.45, 7) is 0. The van der Waals surface area contributed by atoms with Crippen molar-refractivity contribution in [1.82, 2.24) is 0 Å². The highest BCUT2D eigenvalue weighted by Gasteiger charge is 1.84. The van der Waals surface area contributed by atoms with Gasteiger partial charge in [-0.1, -0.05) is 12.2 Å². The molecule has 1 nitrogen and oxygen atoms in total. The van der Waals surface area contributed by atoms with Gasteiger partial charge >= 0.3 is 0 Å². The molecule has 0 bridgehead atoms. The molecule has 7 heavy (non-hydrogen) atoms. The van der Waals surface area contributed by atoms with Gasteiger partial charge in [0.25, 0.3) is 0 Å². The normalized spacial score (nSPS) is 15.7. The summed E-state index contributed by atoms with van der Waals surface area (Å²) in [5.41, 5.74) is 0.